The molecule has 0 atom stereocenters. The van der Waals surface area contributed by atoms with Gasteiger partial charge in [-0.25, -0.2) is 4.98 Å². The third-order valence-electron chi connectivity index (χ3n) is 3.80. The molecule has 1 N–H and O–H groups in total. The molecule has 7 nitrogen and oxygen atoms in total. The highest BCUT2D eigenvalue weighted by molar-refractivity contribution is 7.91. The Kier molecular flexibility index (Phi) is 4.88. The quantitative estimate of drug-likeness (QED) is 0.756. The minimum Gasteiger partial charge on any atom is -0.616 e. The molecule has 0 unspecified atom stereocenters. The van der Waals surface area contributed by atoms with Crippen LogP contribution in [0.3, 0.4) is 0 Å². The lowest BCUT2D eigenvalue weighted by Crippen LogP contribution is -2.45. The molecule has 0 saturated carbocycles. The van der Waals surface area contributed by atoms with Crippen molar-refractivity contribution in [2.24, 2.45) is 0 Å². The largest absolute Gasteiger partial charge is 0.616 e. The van der Waals surface area contributed by atoms with E-state index in [2.05, 4.69) is 26.3 Å². The summed E-state index contributed by atoms with van der Waals surface area (Å²) < 4.78 is 11.5. The van der Waals surface area contributed by atoms with Crippen LogP contribution in [0, 0.1) is 11.3 Å². The van der Waals surface area contributed by atoms with E-state index in [1.54, 1.807) is 0 Å². The standard InChI is InChI=1S/C13H17ClN6OS/c14-11-10(9-15)17-13(20-3-1-16-2-4-20)18-12(11)19-5-7-22(21)8-6-19/h16H,1-8H2. The van der Waals surface area contributed by atoms with Crippen LogP contribution < -0.4 is 15.1 Å². The molecule has 3 rings (SSSR count). The molecular formula is C13H17ClN6OS. The maximum atomic E-state index is 11.5. The van der Waals surface area contributed by atoms with Crippen molar-refractivity contribution in [2.75, 3.05) is 60.6 Å². The van der Waals surface area contributed by atoms with Crippen LogP contribution in [0.25, 0.3) is 0 Å². The predicted octanol–water partition coefficient (Wildman–Crippen LogP) is -0.0200. The average Bonchev–Trinajstić information content (AvgIpc) is 2.57. The monoisotopic (exact) mass is 340 g/mol. The summed E-state index contributed by atoms with van der Waals surface area (Å²) in [5, 5.41) is 12.8. The number of anilines is 2. The summed E-state index contributed by atoms with van der Waals surface area (Å²) in [4.78, 5) is 12.9. The van der Waals surface area contributed by atoms with Crippen molar-refractivity contribution in [2.45, 2.75) is 0 Å². The first-order chi connectivity index (χ1) is 10.7. The second-order valence-corrected chi connectivity index (χ2v) is 7.27. The van der Waals surface area contributed by atoms with Crippen molar-refractivity contribution < 1.29 is 4.55 Å². The first-order valence-electron chi connectivity index (χ1n) is 7.22. The van der Waals surface area contributed by atoms with Crippen LogP contribution in [0.4, 0.5) is 11.8 Å². The van der Waals surface area contributed by atoms with E-state index in [4.69, 9.17) is 11.6 Å². The Bertz CT molecular complexity index is 581. The topological polar surface area (TPSA) is 91.1 Å². The van der Waals surface area contributed by atoms with E-state index in [0.717, 1.165) is 26.2 Å². The maximum absolute atomic E-state index is 11.5. The first-order valence-corrected chi connectivity index (χ1v) is 9.09. The van der Waals surface area contributed by atoms with Gasteiger partial charge in [0.1, 0.15) is 22.6 Å². The van der Waals surface area contributed by atoms with E-state index in [9.17, 15) is 9.81 Å². The second-order valence-electron chi connectivity index (χ2n) is 5.19. The molecule has 0 aromatic carbocycles. The van der Waals surface area contributed by atoms with Gasteiger partial charge < -0.3 is 19.7 Å². The second kappa shape index (κ2) is 6.87. The van der Waals surface area contributed by atoms with Crippen LogP contribution >= 0.6 is 11.6 Å². The number of halogens is 1. The fraction of sp³-hybridized carbons (Fsp3) is 0.615. The van der Waals surface area contributed by atoms with Crippen LogP contribution in [0.1, 0.15) is 5.69 Å². The van der Waals surface area contributed by atoms with Crippen molar-refractivity contribution >= 4 is 34.5 Å². The lowest BCUT2D eigenvalue weighted by atomic mass is 10.3. The summed E-state index contributed by atoms with van der Waals surface area (Å²) in [5.74, 6) is 2.33. The minimum atomic E-state index is -0.770. The van der Waals surface area contributed by atoms with Gasteiger partial charge in [-0.15, -0.1) is 0 Å². The minimum absolute atomic E-state index is 0.201. The van der Waals surface area contributed by atoms with Crippen molar-refractivity contribution in [3.8, 4) is 6.07 Å². The number of nitrogens with zero attached hydrogens (tertiary/aromatic N) is 5. The van der Waals surface area contributed by atoms with Crippen molar-refractivity contribution in [1.82, 2.24) is 15.3 Å². The Labute approximate surface area is 137 Å². The molecule has 9 heteroatoms. The van der Waals surface area contributed by atoms with Crippen LogP contribution in [-0.4, -0.2) is 65.3 Å². The summed E-state index contributed by atoms with van der Waals surface area (Å²) in [6.45, 7) is 4.61. The molecule has 0 radical (unpaired) electrons. The van der Waals surface area contributed by atoms with Gasteiger partial charge in [0.05, 0.1) is 13.1 Å². The van der Waals surface area contributed by atoms with Crippen molar-refractivity contribution in [3.63, 3.8) is 0 Å². The third-order valence-corrected chi connectivity index (χ3v) is 5.43. The summed E-state index contributed by atoms with van der Waals surface area (Å²) in [6.07, 6.45) is 0. The fourth-order valence-electron chi connectivity index (χ4n) is 2.56. The highest BCUT2D eigenvalue weighted by Crippen LogP contribution is 2.29. The highest BCUT2D eigenvalue weighted by atomic mass is 35.5. The van der Waals surface area contributed by atoms with E-state index in [-0.39, 0.29) is 10.7 Å². The summed E-state index contributed by atoms with van der Waals surface area (Å²) >= 11 is 5.52. The van der Waals surface area contributed by atoms with E-state index in [1.165, 1.54) is 0 Å². The van der Waals surface area contributed by atoms with Crippen LogP contribution in [0.2, 0.25) is 5.02 Å². The van der Waals surface area contributed by atoms with E-state index in [0.29, 0.717) is 36.4 Å². The van der Waals surface area contributed by atoms with Gasteiger partial charge in [-0.3, -0.25) is 0 Å². The number of rotatable bonds is 2. The lowest BCUT2D eigenvalue weighted by molar-refractivity contribution is 0.577. The molecule has 2 aliphatic heterocycles. The third kappa shape index (κ3) is 3.22. The van der Waals surface area contributed by atoms with Gasteiger partial charge in [0.25, 0.3) is 0 Å². The summed E-state index contributed by atoms with van der Waals surface area (Å²) in [6, 6.07) is 2.05. The zero-order valence-electron chi connectivity index (χ0n) is 12.1. The fourth-order valence-corrected chi connectivity index (χ4v) is 3.86. The number of aromatic nitrogens is 2. The number of nitrogens with one attached hydrogen (secondary N) is 1. The highest BCUT2D eigenvalue weighted by Gasteiger charge is 2.26. The Hall–Kier alpha value is -1.27. The predicted molar refractivity (Wildman–Crippen MR) is 86.9 cm³/mol. The van der Waals surface area contributed by atoms with Crippen LogP contribution in [0.5, 0.6) is 0 Å². The van der Waals surface area contributed by atoms with E-state index in [1.807, 2.05) is 4.90 Å². The van der Waals surface area contributed by atoms with Crippen LogP contribution in [-0.2, 0) is 11.2 Å². The van der Waals surface area contributed by atoms with Gasteiger partial charge in [0, 0.05) is 26.2 Å². The smallest absolute Gasteiger partial charge is 0.228 e. The van der Waals surface area contributed by atoms with E-state index >= 15 is 0 Å². The molecule has 0 aliphatic carbocycles. The van der Waals surface area contributed by atoms with Crippen molar-refractivity contribution in [3.05, 3.63) is 10.7 Å². The molecule has 22 heavy (non-hydrogen) atoms. The van der Waals surface area contributed by atoms with Gasteiger partial charge >= 0.3 is 0 Å². The Morgan fingerprint density at radius 3 is 2.45 bits per heavy atom. The molecule has 2 saturated heterocycles. The number of nitriles is 1. The molecule has 3 heterocycles. The van der Waals surface area contributed by atoms with Gasteiger partial charge in [0.2, 0.25) is 5.95 Å². The number of hydrogen-bond donors (Lipinski definition) is 1. The number of hydrogen-bond acceptors (Lipinski definition) is 7. The SMILES string of the molecule is N#Cc1nc(N2CCNCC2)nc(N2CC[S+]([O-])CC2)c1Cl. The zero-order chi connectivity index (χ0) is 15.5. The van der Waals surface area contributed by atoms with Gasteiger partial charge in [-0.2, -0.15) is 10.2 Å². The lowest BCUT2D eigenvalue weighted by Gasteiger charge is -2.32. The van der Waals surface area contributed by atoms with Gasteiger partial charge in [0.15, 0.2) is 11.5 Å². The Morgan fingerprint density at radius 1 is 1.14 bits per heavy atom. The molecule has 0 amide bonds. The van der Waals surface area contributed by atoms with Crippen molar-refractivity contribution in [1.29, 1.82) is 5.26 Å². The molecule has 0 spiro atoms. The normalized spacial score (nSPS) is 20.0. The first kappa shape index (κ1) is 15.6. The van der Waals surface area contributed by atoms with Gasteiger partial charge in [-0.05, 0) is 0 Å². The molecule has 1 aromatic rings. The molecule has 2 aliphatic rings. The van der Waals surface area contributed by atoms with Gasteiger partial charge in [-0.1, -0.05) is 22.8 Å². The van der Waals surface area contributed by atoms with E-state index < -0.39 is 11.2 Å². The molecular weight excluding hydrogens is 324 g/mol. The average molecular weight is 341 g/mol. The maximum Gasteiger partial charge on any atom is 0.228 e. The molecule has 118 valence electrons. The van der Waals surface area contributed by atoms with Crippen LogP contribution in [0.15, 0.2) is 0 Å². The Morgan fingerprint density at radius 2 is 1.82 bits per heavy atom. The Balaban J connectivity index is 1.92. The molecule has 1 aromatic heterocycles. The zero-order valence-corrected chi connectivity index (χ0v) is 13.7. The number of piperazine rings is 1. The molecule has 0 bridgehead atoms. The summed E-state index contributed by atoms with van der Waals surface area (Å²) in [7, 11) is 0. The summed E-state index contributed by atoms with van der Waals surface area (Å²) in [5.41, 5.74) is 0.201. The molecule has 2 fully saturated rings.